The molecular weight excluding hydrogens is 232 g/mol. The molecule has 0 unspecified atom stereocenters. The highest BCUT2D eigenvalue weighted by Gasteiger charge is 2.05. The molecule has 0 spiro atoms. The number of benzene rings is 2. The summed E-state index contributed by atoms with van der Waals surface area (Å²) in [5.74, 6) is 0. The Morgan fingerprint density at radius 1 is 0.789 bits per heavy atom. The van der Waals surface area contributed by atoms with Crippen LogP contribution in [0, 0.1) is 0 Å². The second kappa shape index (κ2) is 7.72. The Balaban J connectivity index is 1.99. The number of hydrogen-bond donors (Lipinski definition) is 1. The van der Waals surface area contributed by atoms with Crippen LogP contribution in [0.1, 0.15) is 24.5 Å². The molecule has 2 rings (SSSR count). The molecule has 19 heavy (non-hydrogen) atoms. The fourth-order valence-corrected chi connectivity index (χ4v) is 2.05. The molecule has 1 N–H and O–H groups in total. The molecule has 2 aromatic rings. The van der Waals surface area contributed by atoms with Crippen molar-refractivity contribution in [2.45, 2.75) is 26.4 Å². The van der Waals surface area contributed by atoms with E-state index in [4.69, 9.17) is 0 Å². The largest absolute Gasteiger partial charge is 0.255 e. The topological polar surface area (TPSA) is 15.3 Å². The van der Waals surface area contributed by atoms with E-state index in [2.05, 4.69) is 78.0 Å². The summed E-state index contributed by atoms with van der Waals surface area (Å²) in [5.41, 5.74) is 6.17. The lowest BCUT2D eigenvalue weighted by molar-refractivity contribution is 0.169. The molecule has 0 heterocycles. The summed E-state index contributed by atoms with van der Waals surface area (Å²) in [5, 5.41) is 2.29. The minimum atomic E-state index is 0.926. The zero-order chi connectivity index (χ0) is 13.3. The van der Waals surface area contributed by atoms with Gasteiger partial charge in [0.05, 0.1) is 0 Å². The lowest BCUT2D eigenvalue weighted by atomic mass is 10.2. The molecule has 0 aliphatic carbocycles. The van der Waals surface area contributed by atoms with E-state index in [0.29, 0.717) is 0 Å². The molecule has 0 radical (unpaired) electrons. The van der Waals surface area contributed by atoms with E-state index in [1.54, 1.807) is 0 Å². The van der Waals surface area contributed by atoms with Gasteiger partial charge in [-0.25, -0.2) is 5.01 Å². The van der Waals surface area contributed by atoms with Crippen molar-refractivity contribution in [1.29, 1.82) is 0 Å². The molecule has 0 aliphatic rings. The molecule has 0 saturated heterocycles. The maximum atomic E-state index is 3.50. The Labute approximate surface area is 116 Å². The second-order valence-electron chi connectivity index (χ2n) is 4.74. The predicted molar refractivity (Wildman–Crippen MR) is 80.4 cm³/mol. The summed E-state index contributed by atoms with van der Waals surface area (Å²) < 4.78 is 0. The molecule has 100 valence electrons. The highest BCUT2D eigenvalue weighted by Crippen LogP contribution is 2.07. The van der Waals surface area contributed by atoms with Crippen LogP contribution >= 0.6 is 0 Å². The third-order valence-corrected chi connectivity index (χ3v) is 3.02. The van der Waals surface area contributed by atoms with E-state index < -0.39 is 0 Å². The fourth-order valence-electron chi connectivity index (χ4n) is 2.05. The zero-order valence-corrected chi connectivity index (χ0v) is 11.5. The Kier molecular flexibility index (Phi) is 5.60. The van der Waals surface area contributed by atoms with Gasteiger partial charge in [0.15, 0.2) is 0 Å². The highest BCUT2D eigenvalue weighted by atomic mass is 15.5. The van der Waals surface area contributed by atoms with Gasteiger partial charge < -0.3 is 0 Å². The second-order valence-corrected chi connectivity index (χ2v) is 4.74. The molecule has 0 bridgehead atoms. The quantitative estimate of drug-likeness (QED) is 0.759. The van der Waals surface area contributed by atoms with E-state index in [1.807, 2.05) is 0 Å². The number of hydrazine groups is 1. The SMILES string of the molecule is CCCNN(Cc1ccccc1)Cc1ccccc1. The van der Waals surface area contributed by atoms with E-state index in [1.165, 1.54) is 11.1 Å². The van der Waals surface area contributed by atoms with Crippen LogP contribution in [0.15, 0.2) is 60.7 Å². The first kappa shape index (κ1) is 13.8. The average molecular weight is 254 g/mol. The summed E-state index contributed by atoms with van der Waals surface area (Å²) in [6.07, 6.45) is 1.14. The van der Waals surface area contributed by atoms with Gasteiger partial charge in [0.25, 0.3) is 0 Å². The van der Waals surface area contributed by atoms with Crippen molar-refractivity contribution >= 4 is 0 Å². The van der Waals surface area contributed by atoms with Crippen LogP contribution in [0.3, 0.4) is 0 Å². The fraction of sp³-hybridized carbons (Fsp3) is 0.294. The number of nitrogens with one attached hydrogen (secondary N) is 1. The van der Waals surface area contributed by atoms with Crippen molar-refractivity contribution in [3.8, 4) is 0 Å². The Morgan fingerprint density at radius 2 is 1.26 bits per heavy atom. The summed E-state index contributed by atoms with van der Waals surface area (Å²) >= 11 is 0. The smallest absolute Gasteiger partial charge is 0.0385 e. The summed E-state index contributed by atoms with van der Waals surface area (Å²) in [6, 6.07) is 21.2. The van der Waals surface area contributed by atoms with Crippen molar-refractivity contribution in [2.24, 2.45) is 0 Å². The minimum Gasteiger partial charge on any atom is -0.255 e. The maximum Gasteiger partial charge on any atom is 0.0385 e. The number of nitrogens with zero attached hydrogens (tertiary/aromatic N) is 1. The first-order valence-electron chi connectivity index (χ1n) is 6.95. The van der Waals surface area contributed by atoms with Gasteiger partial charge in [0.2, 0.25) is 0 Å². The van der Waals surface area contributed by atoms with Crippen LogP contribution < -0.4 is 5.43 Å². The van der Waals surface area contributed by atoms with Crippen LogP contribution in [0.5, 0.6) is 0 Å². The first-order chi connectivity index (χ1) is 9.38. The monoisotopic (exact) mass is 254 g/mol. The minimum absolute atomic E-state index is 0.926. The molecule has 0 aromatic heterocycles. The molecule has 2 heteroatoms. The predicted octanol–water partition coefficient (Wildman–Crippen LogP) is 3.60. The van der Waals surface area contributed by atoms with E-state index in [0.717, 1.165) is 26.1 Å². The van der Waals surface area contributed by atoms with Gasteiger partial charge in [-0.3, -0.25) is 5.43 Å². The van der Waals surface area contributed by atoms with E-state index in [-0.39, 0.29) is 0 Å². The summed E-state index contributed by atoms with van der Waals surface area (Å²) in [6.45, 7) is 5.06. The third-order valence-electron chi connectivity index (χ3n) is 3.02. The summed E-state index contributed by atoms with van der Waals surface area (Å²) in [7, 11) is 0. The highest BCUT2D eigenvalue weighted by molar-refractivity contribution is 5.16. The van der Waals surface area contributed by atoms with Gasteiger partial charge in [0.1, 0.15) is 0 Å². The number of rotatable bonds is 7. The van der Waals surface area contributed by atoms with Gasteiger partial charge >= 0.3 is 0 Å². The van der Waals surface area contributed by atoms with Crippen molar-refractivity contribution < 1.29 is 0 Å². The third kappa shape index (κ3) is 4.86. The first-order valence-corrected chi connectivity index (χ1v) is 6.95. The molecule has 0 saturated carbocycles. The van der Waals surface area contributed by atoms with Crippen LogP contribution in [0.4, 0.5) is 0 Å². The van der Waals surface area contributed by atoms with Gasteiger partial charge in [-0.2, -0.15) is 0 Å². The lowest BCUT2D eigenvalue weighted by Gasteiger charge is -2.23. The molecule has 2 aromatic carbocycles. The van der Waals surface area contributed by atoms with Crippen LogP contribution in [0.2, 0.25) is 0 Å². The van der Waals surface area contributed by atoms with Crippen LogP contribution in [-0.4, -0.2) is 11.6 Å². The molecule has 0 atom stereocenters. The molecule has 2 nitrogen and oxygen atoms in total. The average Bonchev–Trinajstić information content (AvgIpc) is 2.47. The van der Waals surface area contributed by atoms with Crippen molar-refractivity contribution in [3.63, 3.8) is 0 Å². The Morgan fingerprint density at radius 3 is 1.68 bits per heavy atom. The zero-order valence-electron chi connectivity index (χ0n) is 11.5. The molecular formula is C17H22N2. The Bertz CT molecular complexity index is 412. The van der Waals surface area contributed by atoms with Gasteiger partial charge in [-0.15, -0.1) is 0 Å². The van der Waals surface area contributed by atoms with Gasteiger partial charge in [-0.05, 0) is 17.5 Å². The Hall–Kier alpha value is -1.64. The van der Waals surface area contributed by atoms with Crippen molar-refractivity contribution in [2.75, 3.05) is 6.54 Å². The van der Waals surface area contributed by atoms with Gasteiger partial charge in [-0.1, -0.05) is 67.6 Å². The van der Waals surface area contributed by atoms with Crippen molar-refractivity contribution in [3.05, 3.63) is 71.8 Å². The van der Waals surface area contributed by atoms with Crippen LogP contribution in [-0.2, 0) is 13.1 Å². The lowest BCUT2D eigenvalue weighted by Crippen LogP contribution is -2.37. The standard InChI is InChI=1S/C17H22N2/c1-2-13-18-19(14-16-9-5-3-6-10-16)15-17-11-7-4-8-12-17/h3-12,18H,2,13-15H2,1H3. The molecule has 0 fully saturated rings. The molecule has 0 amide bonds. The number of hydrogen-bond acceptors (Lipinski definition) is 2. The van der Waals surface area contributed by atoms with E-state index in [9.17, 15) is 0 Å². The normalized spacial score (nSPS) is 10.8. The van der Waals surface area contributed by atoms with Crippen LogP contribution in [0.25, 0.3) is 0 Å². The van der Waals surface area contributed by atoms with E-state index >= 15 is 0 Å². The van der Waals surface area contributed by atoms with Gasteiger partial charge in [0, 0.05) is 19.6 Å². The maximum absolute atomic E-state index is 3.50. The summed E-state index contributed by atoms with van der Waals surface area (Å²) in [4.78, 5) is 0. The molecule has 0 aliphatic heterocycles. The van der Waals surface area contributed by atoms with Crippen molar-refractivity contribution in [1.82, 2.24) is 10.4 Å².